The number of nitrogens with zero attached hydrogens (tertiary/aromatic N) is 5. The zero-order valence-electron chi connectivity index (χ0n) is 17.4. The van der Waals surface area contributed by atoms with Crippen LogP contribution < -0.4 is 4.90 Å². The summed E-state index contributed by atoms with van der Waals surface area (Å²) in [4.78, 5) is 23.3. The number of fused-ring (bicyclic) bond motifs is 1. The lowest BCUT2D eigenvalue weighted by Gasteiger charge is -2.34. The van der Waals surface area contributed by atoms with Crippen LogP contribution in [0.5, 0.6) is 0 Å². The summed E-state index contributed by atoms with van der Waals surface area (Å²) in [5.41, 5.74) is 0.865. The van der Waals surface area contributed by atoms with Crippen molar-refractivity contribution in [1.82, 2.24) is 14.3 Å². The molecule has 0 N–H and O–H groups in total. The predicted octanol–water partition coefficient (Wildman–Crippen LogP) is 3.78. The molecule has 2 aromatic heterocycles. The Kier molecular flexibility index (Phi) is 5.52. The lowest BCUT2D eigenvalue weighted by Crippen LogP contribution is -2.49. The number of anilines is 1. The van der Waals surface area contributed by atoms with E-state index in [1.165, 1.54) is 28.8 Å². The van der Waals surface area contributed by atoms with Gasteiger partial charge in [-0.25, -0.2) is 18.4 Å². The first kappa shape index (κ1) is 21.4. The molecular weight excluding hydrogens is 462 g/mol. The highest BCUT2D eigenvalue weighted by Crippen LogP contribution is 2.36. The van der Waals surface area contributed by atoms with E-state index in [4.69, 9.17) is 0 Å². The van der Waals surface area contributed by atoms with Crippen LogP contribution in [0.2, 0.25) is 0 Å². The van der Waals surface area contributed by atoms with Crippen molar-refractivity contribution in [2.75, 3.05) is 31.1 Å². The van der Waals surface area contributed by atoms with Gasteiger partial charge in [-0.2, -0.15) is 4.31 Å². The molecule has 1 aliphatic heterocycles. The third kappa shape index (κ3) is 4.06. The number of rotatable bonds is 5. The third-order valence-electron chi connectivity index (χ3n) is 5.57. The van der Waals surface area contributed by atoms with Crippen molar-refractivity contribution < 1.29 is 13.3 Å². The molecule has 0 amide bonds. The van der Waals surface area contributed by atoms with Gasteiger partial charge in [0.1, 0.15) is 17.0 Å². The van der Waals surface area contributed by atoms with Crippen LogP contribution in [0, 0.1) is 10.1 Å². The molecule has 4 aromatic rings. The quantitative estimate of drug-likeness (QED) is 0.315. The number of aromatic nitrogens is 2. The molecule has 9 nitrogen and oxygen atoms in total. The highest BCUT2D eigenvalue weighted by atomic mass is 32.2. The van der Waals surface area contributed by atoms with Crippen LogP contribution >= 0.6 is 11.3 Å². The van der Waals surface area contributed by atoms with E-state index in [0.29, 0.717) is 13.1 Å². The highest BCUT2D eigenvalue weighted by Gasteiger charge is 2.30. The highest BCUT2D eigenvalue weighted by molar-refractivity contribution is 7.89. The molecule has 3 heterocycles. The zero-order chi connectivity index (χ0) is 23.0. The molecule has 0 bridgehead atoms. The number of hydrogen-bond acceptors (Lipinski definition) is 8. The minimum atomic E-state index is -3.83. The number of hydrogen-bond donors (Lipinski definition) is 0. The van der Waals surface area contributed by atoms with E-state index in [9.17, 15) is 18.5 Å². The number of nitro benzene ring substituents is 1. The Morgan fingerprint density at radius 2 is 1.70 bits per heavy atom. The van der Waals surface area contributed by atoms with Crippen LogP contribution in [0.1, 0.15) is 0 Å². The molecule has 2 aromatic carbocycles. The van der Waals surface area contributed by atoms with Crippen molar-refractivity contribution in [3.05, 3.63) is 77.1 Å². The van der Waals surface area contributed by atoms with Gasteiger partial charge in [0.2, 0.25) is 10.0 Å². The third-order valence-corrected chi connectivity index (χ3v) is 8.56. The molecule has 0 atom stereocenters. The predicted molar refractivity (Wildman–Crippen MR) is 127 cm³/mol. The van der Waals surface area contributed by atoms with Crippen LogP contribution in [0.25, 0.3) is 20.7 Å². The van der Waals surface area contributed by atoms with E-state index < -0.39 is 14.9 Å². The first-order chi connectivity index (χ1) is 15.9. The molecule has 1 saturated heterocycles. The van der Waals surface area contributed by atoms with Crippen LogP contribution in [0.15, 0.2) is 71.9 Å². The molecular formula is C22H19N5O4S2. The molecule has 168 valence electrons. The van der Waals surface area contributed by atoms with Crippen molar-refractivity contribution in [1.29, 1.82) is 0 Å². The largest absolute Gasteiger partial charge is 0.353 e. The molecule has 0 saturated carbocycles. The van der Waals surface area contributed by atoms with Crippen molar-refractivity contribution in [3.63, 3.8) is 0 Å². The van der Waals surface area contributed by atoms with Crippen LogP contribution in [-0.4, -0.2) is 53.8 Å². The van der Waals surface area contributed by atoms with Gasteiger partial charge >= 0.3 is 0 Å². The van der Waals surface area contributed by atoms with Gasteiger partial charge in [0.25, 0.3) is 5.69 Å². The Hall–Kier alpha value is -3.41. The molecule has 0 spiro atoms. The minimum absolute atomic E-state index is 0.0695. The van der Waals surface area contributed by atoms with Crippen LogP contribution in [0.4, 0.5) is 11.5 Å². The standard InChI is InChI=1S/C22H19N5O4S2/c28-27(29)17-7-4-8-18(13-17)33(30,31)26-11-9-25(10-12-26)21-19-14-20(16-5-2-1-3-6-16)32-22(19)24-15-23-21/h1-8,13-15H,9-12H2. The summed E-state index contributed by atoms with van der Waals surface area (Å²) in [7, 11) is -3.83. The van der Waals surface area contributed by atoms with Gasteiger partial charge in [0.15, 0.2) is 0 Å². The summed E-state index contributed by atoms with van der Waals surface area (Å²) in [5, 5.41) is 12.0. The van der Waals surface area contributed by atoms with Crippen molar-refractivity contribution in [3.8, 4) is 10.4 Å². The molecule has 0 aliphatic carbocycles. The average molecular weight is 482 g/mol. The normalized spacial score (nSPS) is 15.1. The lowest BCUT2D eigenvalue weighted by molar-refractivity contribution is -0.385. The number of piperazine rings is 1. The van der Waals surface area contributed by atoms with Gasteiger partial charge in [-0.3, -0.25) is 10.1 Å². The summed E-state index contributed by atoms with van der Waals surface area (Å²) in [6.07, 6.45) is 1.54. The van der Waals surface area contributed by atoms with Gasteiger partial charge in [-0.15, -0.1) is 11.3 Å². The fraction of sp³-hybridized carbons (Fsp3) is 0.182. The second-order valence-corrected chi connectivity index (χ2v) is 10.5. The first-order valence-electron chi connectivity index (χ1n) is 10.2. The molecule has 5 rings (SSSR count). The fourth-order valence-electron chi connectivity index (χ4n) is 3.89. The summed E-state index contributed by atoms with van der Waals surface area (Å²) in [5.74, 6) is 0.783. The monoisotopic (exact) mass is 481 g/mol. The van der Waals surface area contributed by atoms with E-state index in [1.54, 1.807) is 11.3 Å². The van der Waals surface area contributed by atoms with Gasteiger partial charge in [0, 0.05) is 43.2 Å². The molecule has 1 aliphatic rings. The Balaban J connectivity index is 1.38. The van der Waals surface area contributed by atoms with Gasteiger partial charge in [-0.05, 0) is 17.7 Å². The Labute approximate surface area is 194 Å². The number of sulfonamides is 1. The van der Waals surface area contributed by atoms with Crippen LogP contribution in [0.3, 0.4) is 0 Å². The number of non-ortho nitro benzene ring substituents is 1. The first-order valence-corrected chi connectivity index (χ1v) is 12.5. The van der Waals surface area contributed by atoms with Crippen molar-refractivity contribution >= 4 is 43.1 Å². The lowest BCUT2D eigenvalue weighted by atomic mass is 10.2. The average Bonchev–Trinajstić information content (AvgIpc) is 3.29. The number of nitro groups is 1. The Bertz CT molecular complexity index is 1430. The van der Waals surface area contributed by atoms with Crippen LogP contribution in [-0.2, 0) is 10.0 Å². The van der Waals surface area contributed by atoms with Crippen molar-refractivity contribution in [2.24, 2.45) is 0 Å². The molecule has 1 fully saturated rings. The van der Waals surface area contributed by atoms with E-state index in [1.807, 2.05) is 18.2 Å². The summed E-state index contributed by atoms with van der Waals surface area (Å²) >= 11 is 1.60. The van der Waals surface area contributed by atoms with E-state index in [0.717, 1.165) is 32.5 Å². The number of benzene rings is 2. The smallest absolute Gasteiger partial charge is 0.270 e. The maximum atomic E-state index is 13.0. The second kappa shape index (κ2) is 8.50. The second-order valence-electron chi connectivity index (χ2n) is 7.54. The molecule has 33 heavy (non-hydrogen) atoms. The number of thiophene rings is 1. The molecule has 0 radical (unpaired) electrons. The Morgan fingerprint density at radius 1 is 0.939 bits per heavy atom. The molecule has 0 unspecified atom stereocenters. The maximum Gasteiger partial charge on any atom is 0.270 e. The minimum Gasteiger partial charge on any atom is -0.353 e. The fourth-order valence-corrected chi connectivity index (χ4v) is 6.35. The van der Waals surface area contributed by atoms with Gasteiger partial charge < -0.3 is 4.90 Å². The van der Waals surface area contributed by atoms with Gasteiger partial charge in [0.05, 0.1) is 15.2 Å². The van der Waals surface area contributed by atoms with Crippen molar-refractivity contribution in [2.45, 2.75) is 4.90 Å². The van der Waals surface area contributed by atoms with E-state index in [-0.39, 0.29) is 23.7 Å². The molecule has 11 heteroatoms. The Morgan fingerprint density at radius 3 is 2.42 bits per heavy atom. The SMILES string of the molecule is O=[N+]([O-])c1cccc(S(=O)(=O)N2CCN(c3ncnc4sc(-c5ccccc5)cc34)CC2)c1. The summed E-state index contributed by atoms with van der Waals surface area (Å²) in [6.45, 7) is 1.42. The summed E-state index contributed by atoms with van der Waals surface area (Å²) in [6, 6.07) is 17.3. The van der Waals surface area contributed by atoms with E-state index >= 15 is 0 Å². The van der Waals surface area contributed by atoms with E-state index in [2.05, 4.69) is 33.1 Å². The van der Waals surface area contributed by atoms with Gasteiger partial charge in [-0.1, -0.05) is 36.4 Å². The zero-order valence-corrected chi connectivity index (χ0v) is 19.0. The maximum absolute atomic E-state index is 13.0. The summed E-state index contributed by atoms with van der Waals surface area (Å²) < 4.78 is 27.4. The topological polar surface area (TPSA) is 110 Å².